The van der Waals surface area contributed by atoms with Crippen molar-refractivity contribution in [3.05, 3.63) is 72.9 Å². The molecule has 11 heteroatoms. The van der Waals surface area contributed by atoms with Gasteiger partial charge in [-0.3, -0.25) is 18.6 Å². The third kappa shape index (κ3) is 39.6. The van der Waals surface area contributed by atoms with E-state index in [9.17, 15) is 24.2 Å². The van der Waals surface area contributed by atoms with Gasteiger partial charge in [-0.25, -0.2) is 4.57 Å². The Morgan fingerprint density at radius 1 is 0.607 bits per heavy atom. The van der Waals surface area contributed by atoms with Gasteiger partial charge in [0.1, 0.15) is 6.61 Å². The molecule has 0 aromatic carbocycles. The van der Waals surface area contributed by atoms with Gasteiger partial charge in [-0.15, -0.1) is 0 Å². The SMILES string of the molecule is CCCCC/C=C\C/C=C\CCCCCCCCCC(=O)OC[C@H](COP(=O)(O)OCCN)OC(=O)CCC/C=C\C/C=C\C/C=C\C/C=C\CC[C@H](O)CC. The maximum absolute atomic E-state index is 12.6. The lowest BCUT2D eigenvalue weighted by Gasteiger charge is -2.19. The average Bonchev–Trinajstić information content (AvgIpc) is 3.18. The fourth-order valence-corrected chi connectivity index (χ4v) is 6.11. The molecular formula is C45H78NO9P. The number of aliphatic hydroxyl groups excluding tert-OH is 1. The van der Waals surface area contributed by atoms with Gasteiger partial charge >= 0.3 is 19.8 Å². The molecule has 322 valence electrons. The molecule has 4 N–H and O–H groups in total. The number of allylic oxidation sites excluding steroid dienone is 12. The molecule has 0 saturated heterocycles. The Hall–Kier alpha value is -2.59. The number of nitrogens with two attached hydrogens (primary N) is 1. The van der Waals surface area contributed by atoms with Crippen molar-refractivity contribution in [1.29, 1.82) is 0 Å². The molecular weight excluding hydrogens is 729 g/mol. The monoisotopic (exact) mass is 808 g/mol. The standard InChI is InChI=1S/C45H78NO9P/c1-3-5-6-7-8-9-10-11-12-13-14-18-21-24-27-30-33-36-44(48)52-40-43(41-54-56(50,51)53-39-38-46)55-45(49)37-34-31-28-25-22-19-16-15-17-20-23-26-29-32-35-42(47)4-2/h8-9,11-12,16-17,19-20,25-26,28-29,42-43,47H,3-7,10,13-15,18,21-24,27,30-41,46H2,1-2H3,(H,50,51)/b9-8-,12-11-,19-16-,20-17-,28-25-,29-26-/t42-,43-/m1/s1. The number of hydrogen-bond donors (Lipinski definition) is 3. The predicted octanol–water partition coefficient (Wildman–Crippen LogP) is 11.2. The largest absolute Gasteiger partial charge is 0.472 e. The summed E-state index contributed by atoms with van der Waals surface area (Å²) in [6.07, 6.45) is 45.9. The highest BCUT2D eigenvalue weighted by Gasteiger charge is 2.25. The summed E-state index contributed by atoms with van der Waals surface area (Å²) in [6, 6.07) is 0. The summed E-state index contributed by atoms with van der Waals surface area (Å²) < 4.78 is 32.7. The first-order valence-corrected chi connectivity index (χ1v) is 23.0. The molecule has 0 bridgehead atoms. The van der Waals surface area contributed by atoms with E-state index in [1.54, 1.807) is 0 Å². The van der Waals surface area contributed by atoms with E-state index < -0.39 is 32.5 Å². The minimum absolute atomic E-state index is 0.0343. The first-order chi connectivity index (χ1) is 27.2. The van der Waals surface area contributed by atoms with Crippen LogP contribution in [0.15, 0.2) is 72.9 Å². The summed E-state index contributed by atoms with van der Waals surface area (Å²) in [5.41, 5.74) is 5.34. The number of phosphoric acid groups is 1. The fraction of sp³-hybridized carbons (Fsp3) is 0.689. The zero-order valence-corrected chi connectivity index (χ0v) is 35.8. The summed E-state index contributed by atoms with van der Waals surface area (Å²) in [5.74, 6) is -0.928. The predicted molar refractivity (Wildman–Crippen MR) is 230 cm³/mol. The molecule has 0 aromatic heterocycles. The van der Waals surface area contributed by atoms with Crippen LogP contribution in [0.25, 0.3) is 0 Å². The van der Waals surface area contributed by atoms with Crippen LogP contribution in [0.4, 0.5) is 0 Å². The second-order valence-electron chi connectivity index (χ2n) is 14.0. The van der Waals surface area contributed by atoms with Crippen molar-refractivity contribution in [2.75, 3.05) is 26.4 Å². The van der Waals surface area contributed by atoms with Gasteiger partial charge in [0.25, 0.3) is 0 Å². The first kappa shape index (κ1) is 53.4. The van der Waals surface area contributed by atoms with E-state index >= 15 is 0 Å². The first-order valence-electron chi connectivity index (χ1n) is 21.5. The van der Waals surface area contributed by atoms with Crippen molar-refractivity contribution < 1.29 is 42.7 Å². The second kappa shape index (κ2) is 40.6. The maximum atomic E-state index is 12.6. The Bertz CT molecular complexity index is 1160. The highest BCUT2D eigenvalue weighted by Crippen LogP contribution is 2.43. The van der Waals surface area contributed by atoms with Gasteiger partial charge in [0.15, 0.2) is 6.10 Å². The quantitative estimate of drug-likeness (QED) is 0.0236. The minimum Gasteiger partial charge on any atom is -0.462 e. The van der Waals surface area contributed by atoms with Gasteiger partial charge in [-0.2, -0.15) is 0 Å². The number of aliphatic hydroxyl groups is 1. The summed E-state index contributed by atoms with van der Waals surface area (Å²) >= 11 is 0. The smallest absolute Gasteiger partial charge is 0.462 e. The van der Waals surface area contributed by atoms with Gasteiger partial charge in [-0.05, 0) is 89.9 Å². The topological polar surface area (TPSA) is 155 Å². The van der Waals surface area contributed by atoms with Crippen LogP contribution < -0.4 is 5.73 Å². The molecule has 1 unspecified atom stereocenters. The van der Waals surface area contributed by atoms with Crippen molar-refractivity contribution in [2.24, 2.45) is 5.73 Å². The van der Waals surface area contributed by atoms with E-state index in [2.05, 4.69) is 67.7 Å². The number of rotatable bonds is 39. The van der Waals surface area contributed by atoms with Crippen LogP contribution in [-0.4, -0.2) is 60.5 Å². The lowest BCUT2D eigenvalue weighted by molar-refractivity contribution is -0.161. The Morgan fingerprint density at radius 3 is 1.64 bits per heavy atom. The molecule has 3 atom stereocenters. The van der Waals surface area contributed by atoms with Crippen molar-refractivity contribution in [3.63, 3.8) is 0 Å². The molecule has 56 heavy (non-hydrogen) atoms. The van der Waals surface area contributed by atoms with Crippen LogP contribution in [0.2, 0.25) is 0 Å². The van der Waals surface area contributed by atoms with Crippen LogP contribution in [0.1, 0.15) is 162 Å². The molecule has 0 aliphatic carbocycles. The lowest BCUT2D eigenvalue weighted by atomic mass is 10.1. The molecule has 0 amide bonds. The zero-order valence-electron chi connectivity index (χ0n) is 35.0. The molecule has 0 saturated carbocycles. The van der Waals surface area contributed by atoms with Crippen LogP contribution >= 0.6 is 7.82 Å². The van der Waals surface area contributed by atoms with E-state index in [-0.39, 0.29) is 38.7 Å². The van der Waals surface area contributed by atoms with E-state index in [1.165, 1.54) is 44.9 Å². The zero-order chi connectivity index (χ0) is 41.2. The van der Waals surface area contributed by atoms with Crippen molar-refractivity contribution >= 4 is 19.8 Å². The highest BCUT2D eigenvalue weighted by atomic mass is 31.2. The van der Waals surface area contributed by atoms with Crippen molar-refractivity contribution in [1.82, 2.24) is 0 Å². The summed E-state index contributed by atoms with van der Waals surface area (Å²) in [6.45, 7) is 3.33. The third-order valence-electron chi connectivity index (χ3n) is 8.73. The molecule has 0 spiro atoms. The van der Waals surface area contributed by atoms with Crippen LogP contribution in [0.5, 0.6) is 0 Å². The molecule has 0 aliphatic heterocycles. The summed E-state index contributed by atoms with van der Waals surface area (Å²) in [5, 5.41) is 9.56. The van der Waals surface area contributed by atoms with E-state index in [4.69, 9.17) is 24.3 Å². The Labute approximate surface area is 340 Å². The molecule has 0 radical (unpaired) electrons. The highest BCUT2D eigenvalue weighted by molar-refractivity contribution is 7.47. The Morgan fingerprint density at radius 2 is 1.09 bits per heavy atom. The molecule has 0 fully saturated rings. The number of carbonyl (C=O) groups is 2. The van der Waals surface area contributed by atoms with Gasteiger partial charge in [-0.1, -0.05) is 132 Å². The van der Waals surface area contributed by atoms with Crippen LogP contribution in [-0.2, 0) is 32.7 Å². The van der Waals surface area contributed by atoms with Crippen LogP contribution in [0, 0.1) is 0 Å². The van der Waals surface area contributed by atoms with Gasteiger partial charge in [0, 0.05) is 19.4 Å². The number of phosphoric ester groups is 1. The molecule has 0 rings (SSSR count). The second-order valence-corrected chi connectivity index (χ2v) is 15.4. The molecule has 10 nitrogen and oxygen atoms in total. The normalized spacial score (nSPS) is 14.6. The number of hydrogen-bond acceptors (Lipinski definition) is 9. The average molecular weight is 808 g/mol. The number of carbonyl (C=O) groups excluding carboxylic acids is 2. The number of unbranched alkanes of at least 4 members (excludes halogenated alkanes) is 11. The minimum atomic E-state index is -4.40. The van der Waals surface area contributed by atoms with E-state index in [0.29, 0.717) is 19.3 Å². The molecule has 0 aromatic rings. The fourth-order valence-electron chi connectivity index (χ4n) is 5.34. The summed E-state index contributed by atoms with van der Waals surface area (Å²) in [4.78, 5) is 34.8. The maximum Gasteiger partial charge on any atom is 0.472 e. The molecule has 0 aliphatic rings. The Kier molecular flexibility index (Phi) is 38.7. The van der Waals surface area contributed by atoms with Crippen molar-refractivity contribution in [3.8, 4) is 0 Å². The van der Waals surface area contributed by atoms with E-state index in [1.807, 2.05) is 19.1 Å². The van der Waals surface area contributed by atoms with Gasteiger partial charge in [0.05, 0.1) is 19.3 Å². The number of ether oxygens (including phenoxy) is 2. The third-order valence-corrected chi connectivity index (χ3v) is 9.71. The number of esters is 2. The van der Waals surface area contributed by atoms with Gasteiger partial charge < -0.3 is 25.2 Å². The Balaban J connectivity index is 4.29. The molecule has 0 heterocycles. The van der Waals surface area contributed by atoms with Gasteiger partial charge in [0.2, 0.25) is 0 Å². The van der Waals surface area contributed by atoms with Crippen molar-refractivity contribution in [2.45, 2.75) is 174 Å². The van der Waals surface area contributed by atoms with E-state index in [0.717, 1.165) is 70.6 Å². The van der Waals surface area contributed by atoms with Crippen LogP contribution in [0.3, 0.4) is 0 Å². The summed E-state index contributed by atoms with van der Waals surface area (Å²) in [7, 11) is -4.40. The lowest BCUT2D eigenvalue weighted by Crippen LogP contribution is -2.29.